The second-order valence-corrected chi connectivity index (χ2v) is 4.35. The quantitative estimate of drug-likeness (QED) is 0.873. The van der Waals surface area contributed by atoms with Gasteiger partial charge in [0.15, 0.2) is 0 Å². The summed E-state index contributed by atoms with van der Waals surface area (Å²) in [4.78, 5) is 8.24. The van der Waals surface area contributed by atoms with E-state index in [1.54, 1.807) is 6.20 Å². The van der Waals surface area contributed by atoms with E-state index in [4.69, 9.17) is 15.2 Å². The minimum absolute atomic E-state index is 0.195. The molecule has 0 aliphatic carbocycles. The van der Waals surface area contributed by atoms with Crippen molar-refractivity contribution in [1.29, 1.82) is 0 Å². The molecule has 5 nitrogen and oxygen atoms in total. The van der Waals surface area contributed by atoms with Gasteiger partial charge in [-0.25, -0.2) is 9.97 Å². The molecule has 0 unspecified atom stereocenters. The SMILES string of the molecule is Nc1ncc2cccc(OC3CCOCC3)c2n1. The second kappa shape index (κ2) is 4.78. The molecule has 1 aliphatic heterocycles. The van der Waals surface area contributed by atoms with Crippen molar-refractivity contribution in [2.45, 2.75) is 18.9 Å². The van der Waals surface area contributed by atoms with Crippen LogP contribution in [0.3, 0.4) is 0 Å². The van der Waals surface area contributed by atoms with Gasteiger partial charge in [0.2, 0.25) is 5.95 Å². The molecule has 1 aliphatic rings. The Bertz CT molecular complexity index is 553. The summed E-state index contributed by atoms with van der Waals surface area (Å²) in [6.45, 7) is 1.51. The molecule has 0 radical (unpaired) electrons. The van der Waals surface area contributed by atoms with Crippen molar-refractivity contribution in [2.24, 2.45) is 0 Å². The fourth-order valence-electron chi connectivity index (χ4n) is 2.11. The van der Waals surface area contributed by atoms with E-state index in [-0.39, 0.29) is 12.1 Å². The lowest BCUT2D eigenvalue weighted by molar-refractivity contribution is 0.0261. The number of para-hydroxylation sites is 1. The molecule has 0 amide bonds. The first-order chi connectivity index (χ1) is 8.83. The predicted molar refractivity (Wildman–Crippen MR) is 68.4 cm³/mol. The van der Waals surface area contributed by atoms with E-state index in [1.807, 2.05) is 18.2 Å². The fraction of sp³-hybridized carbons (Fsp3) is 0.385. The summed E-state index contributed by atoms with van der Waals surface area (Å²) in [5, 5.41) is 0.939. The van der Waals surface area contributed by atoms with Crippen LogP contribution < -0.4 is 10.5 Å². The highest BCUT2D eigenvalue weighted by atomic mass is 16.5. The van der Waals surface area contributed by atoms with Gasteiger partial charge in [-0.2, -0.15) is 0 Å². The van der Waals surface area contributed by atoms with Crippen molar-refractivity contribution in [3.8, 4) is 5.75 Å². The lowest BCUT2D eigenvalue weighted by atomic mass is 10.1. The number of benzene rings is 1. The molecule has 3 rings (SSSR count). The van der Waals surface area contributed by atoms with E-state index >= 15 is 0 Å². The van der Waals surface area contributed by atoms with Crippen LogP contribution in [0.1, 0.15) is 12.8 Å². The minimum Gasteiger partial charge on any atom is -0.488 e. The van der Waals surface area contributed by atoms with Gasteiger partial charge in [0.25, 0.3) is 0 Å². The summed E-state index contributed by atoms with van der Waals surface area (Å²) in [5.74, 6) is 1.04. The number of aromatic nitrogens is 2. The maximum Gasteiger partial charge on any atom is 0.220 e. The highest BCUT2D eigenvalue weighted by Gasteiger charge is 2.16. The molecule has 5 heteroatoms. The Balaban J connectivity index is 1.92. The van der Waals surface area contributed by atoms with Gasteiger partial charge in [-0.1, -0.05) is 12.1 Å². The van der Waals surface area contributed by atoms with Crippen LogP contribution >= 0.6 is 0 Å². The third-order valence-electron chi connectivity index (χ3n) is 3.05. The summed E-state index contributed by atoms with van der Waals surface area (Å²) in [6.07, 6.45) is 3.74. The third-order valence-corrected chi connectivity index (χ3v) is 3.05. The van der Waals surface area contributed by atoms with Gasteiger partial charge in [0.1, 0.15) is 17.4 Å². The Morgan fingerprint density at radius 1 is 1.28 bits per heavy atom. The van der Waals surface area contributed by atoms with E-state index in [1.165, 1.54) is 0 Å². The molecule has 0 bridgehead atoms. The number of nitrogens with zero attached hydrogens (tertiary/aromatic N) is 2. The molecular formula is C13H15N3O2. The standard InChI is InChI=1S/C13H15N3O2/c14-13-15-8-9-2-1-3-11(12(9)16-13)18-10-4-6-17-7-5-10/h1-3,8,10H,4-7H2,(H2,14,15,16). The normalized spacial score (nSPS) is 16.9. The smallest absolute Gasteiger partial charge is 0.220 e. The van der Waals surface area contributed by atoms with Gasteiger partial charge in [0, 0.05) is 24.4 Å². The van der Waals surface area contributed by atoms with Gasteiger partial charge >= 0.3 is 0 Å². The van der Waals surface area contributed by atoms with E-state index in [9.17, 15) is 0 Å². The van der Waals surface area contributed by atoms with Gasteiger partial charge in [0.05, 0.1) is 13.2 Å². The number of rotatable bonds is 2. The number of hydrogen-bond donors (Lipinski definition) is 1. The first kappa shape index (κ1) is 11.2. The summed E-state index contributed by atoms with van der Waals surface area (Å²) >= 11 is 0. The van der Waals surface area contributed by atoms with Crippen LogP contribution in [0.15, 0.2) is 24.4 Å². The van der Waals surface area contributed by atoms with Crippen LogP contribution in [-0.2, 0) is 4.74 Å². The lowest BCUT2D eigenvalue weighted by Gasteiger charge is -2.23. The van der Waals surface area contributed by atoms with Gasteiger partial charge in [-0.15, -0.1) is 0 Å². The van der Waals surface area contributed by atoms with Crippen LogP contribution in [0.5, 0.6) is 5.75 Å². The Labute approximate surface area is 105 Å². The molecule has 0 atom stereocenters. The van der Waals surface area contributed by atoms with Crippen molar-refractivity contribution < 1.29 is 9.47 Å². The summed E-state index contributed by atoms with van der Waals surface area (Å²) in [7, 11) is 0. The number of hydrogen-bond acceptors (Lipinski definition) is 5. The molecule has 18 heavy (non-hydrogen) atoms. The zero-order chi connectivity index (χ0) is 12.4. The van der Waals surface area contributed by atoms with Gasteiger partial charge in [-0.3, -0.25) is 0 Å². The Morgan fingerprint density at radius 2 is 2.11 bits per heavy atom. The van der Waals surface area contributed by atoms with E-state index in [0.717, 1.165) is 42.7 Å². The zero-order valence-electron chi connectivity index (χ0n) is 10.0. The topological polar surface area (TPSA) is 70.3 Å². The molecule has 1 aromatic carbocycles. The Hall–Kier alpha value is -1.88. The Morgan fingerprint density at radius 3 is 2.94 bits per heavy atom. The molecule has 1 fully saturated rings. The first-order valence-electron chi connectivity index (χ1n) is 6.08. The summed E-state index contributed by atoms with van der Waals surface area (Å²) in [6, 6.07) is 5.81. The molecule has 0 saturated carbocycles. The zero-order valence-corrected chi connectivity index (χ0v) is 10.0. The van der Waals surface area contributed by atoms with Crippen LogP contribution in [0.4, 0.5) is 5.95 Å². The number of nitrogen functional groups attached to an aromatic ring is 1. The number of nitrogens with two attached hydrogens (primary N) is 1. The first-order valence-corrected chi connectivity index (χ1v) is 6.08. The van der Waals surface area contributed by atoms with Gasteiger partial charge < -0.3 is 15.2 Å². The Kier molecular flexibility index (Phi) is 2.98. The maximum absolute atomic E-state index is 6.00. The average Bonchev–Trinajstić information content (AvgIpc) is 2.41. The molecule has 1 saturated heterocycles. The average molecular weight is 245 g/mol. The van der Waals surface area contributed by atoms with Crippen LogP contribution in [0, 0.1) is 0 Å². The van der Waals surface area contributed by atoms with E-state index in [2.05, 4.69) is 9.97 Å². The van der Waals surface area contributed by atoms with E-state index < -0.39 is 0 Å². The highest BCUT2D eigenvalue weighted by molar-refractivity contribution is 5.84. The fourth-order valence-corrected chi connectivity index (χ4v) is 2.11. The maximum atomic E-state index is 6.00. The molecular weight excluding hydrogens is 230 g/mol. The van der Waals surface area contributed by atoms with Crippen molar-refractivity contribution in [3.63, 3.8) is 0 Å². The molecule has 2 N–H and O–H groups in total. The van der Waals surface area contributed by atoms with Crippen molar-refractivity contribution in [2.75, 3.05) is 18.9 Å². The third kappa shape index (κ3) is 2.22. The van der Waals surface area contributed by atoms with Crippen LogP contribution in [0.25, 0.3) is 10.9 Å². The highest BCUT2D eigenvalue weighted by Crippen LogP contribution is 2.26. The van der Waals surface area contributed by atoms with Crippen molar-refractivity contribution in [3.05, 3.63) is 24.4 Å². The van der Waals surface area contributed by atoms with Crippen molar-refractivity contribution in [1.82, 2.24) is 9.97 Å². The lowest BCUT2D eigenvalue weighted by Crippen LogP contribution is -2.26. The second-order valence-electron chi connectivity index (χ2n) is 4.35. The number of ether oxygens (including phenoxy) is 2. The number of anilines is 1. The van der Waals surface area contributed by atoms with Crippen LogP contribution in [-0.4, -0.2) is 29.3 Å². The van der Waals surface area contributed by atoms with E-state index in [0.29, 0.717) is 0 Å². The van der Waals surface area contributed by atoms with Crippen LogP contribution in [0.2, 0.25) is 0 Å². The van der Waals surface area contributed by atoms with Crippen molar-refractivity contribution >= 4 is 16.9 Å². The predicted octanol–water partition coefficient (Wildman–Crippen LogP) is 1.77. The summed E-state index contributed by atoms with van der Waals surface area (Å²) in [5.41, 5.74) is 6.40. The molecule has 1 aromatic heterocycles. The summed E-state index contributed by atoms with van der Waals surface area (Å²) < 4.78 is 11.3. The monoisotopic (exact) mass is 245 g/mol. The minimum atomic E-state index is 0.195. The molecule has 2 heterocycles. The van der Waals surface area contributed by atoms with Gasteiger partial charge in [-0.05, 0) is 6.07 Å². The largest absolute Gasteiger partial charge is 0.488 e. The molecule has 0 spiro atoms. The number of fused-ring (bicyclic) bond motifs is 1. The molecule has 2 aromatic rings. The molecule has 94 valence electrons.